The van der Waals surface area contributed by atoms with Crippen LogP contribution in [0.3, 0.4) is 0 Å². The van der Waals surface area contributed by atoms with Gasteiger partial charge in [0, 0.05) is 0 Å². The lowest BCUT2D eigenvalue weighted by Crippen LogP contribution is -2.09. The highest BCUT2D eigenvalue weighted by Crippen LogP contribution is 2.21. The van der Waals surface area contributed by atoms with Crippen molar-refractivity contribution in [1.29, 1.82) is 0 Å². The molecule has 0 spiro atoms. The van der Waals surface area contributed by atoms with Gasteiger partial charge < -0.3 is 0 Å². The van der Waals surface area contributed by atoms with E-state index >= 15 is 0 Å². The number of hydrogen-bond donors (Lipinski definition) is 1. The molecule has 0 bridgehead atoms. The summed E-state index contributed by atoms with van der Waals surface area (Å²) in [6.45, 7) is 7.19. The summed E-state index contributed by atoms with van der Waals surface area (Å²) in [5.41, 5.74) is 2.80. The topological polar surface area (TPSA) is 35.2 Å². The molecular weight excluding hydrogens is 174 g/mol. The number of nitrogens with two attached hydrogens (primary N) is 1. The van der Waals surface area contributed by atoms with Crippen molar-refractivity contribution in [3.05, 3.63) is 35.4 Å². The minimum atomic E-state index is 0.322. The van der Waals surface area contributed by atoms with Crippen LogP contribution in [0.1, 0.15) is 31.9 Å². The van der Waals surface area contributed by atoms with Crippen LogP contribution in [0.15, 0.2) is 24.3 Å². The van der Waals surface area contributed by atoms with E-state index in [1.54, 1.807) is 0 Å². The van der Waals surface area contributed by atoms with Crippen LogP contribution < -0.4 is 5.90 Å². The fourth-order valence-electron chi connectivity index (χ4n) is 1.54. The predicted octanol–water partition coefficient (Wildman–Crippen LogP) is 2.67. The second-order valence-corrected chi connectivity index (χ2v) is 4.87. The molecule has 0 aliphatic carbocycles. The van der Waals surface area contributed by atoms with Gasteiger partial charge in [0.05, 0.1) is 6.61 Å². The van der Waals surface area contributed by atoms with E-state index in [4.69, 9.17) is 5.90 Å². The van der Waals surface area contributed by atoms with Crippen LogP contribution in [-0.2, 0) is 17.9 Å². The largest absolute Gasteiger partial charge is 0.300 e. The van der Waals surface area contributed by atoms with Crippen LogP contribution in [0.4, 0.5) is 0 Å². The van der Waals surface area contributed by atoms with E-state index in [1.807, 2.05) is 6.07 Å². The maximum atomic E-state index is 5.04. The average molecular weight is 193 g/mol. The third kappa shape index (κ3) is 3.90. The summed E-state index contributed by atoms with van der Waals surface area (Å²) in [6.07, 6.45) is 1.07. The van der Waals surface area contributed by atoms with Crippen LogP contribution in [0.25, 0.3) is 0 Å². The van der Waals surface area contributed by atoms with Gasteiger partial charge in [-0.3, -0.25) is 4.84 Å². The van der Waals surface area contributed by atoms with Gasteiger partial charge in [-0.05, 0) is 23.0 Å². The zero-order valence-corrected chi connectivity index (χ0v) is 9.21. The summed E-state index contributed by atoms with van der Waals surface area (Å²) < 4.78 is 0. The van der Waals surface area contributed by atoms with E-state index in [2.05, 4.69) is 43.8 Å². The van der Waals surface area contributed by atoms with Crippen molar-refractivity contribution in [2.45, 2.75) is 33.8 Å². The van der Waals surface area contributed by atoms with Crippen LogP contribution in [0.5, 0.6) is 0 Å². The molecule has 1 rings (SSSR count). The molecule has 2 N–H and O–H groups in total. The highest BCUT2D eigenvalue weighted by molar-refractivity contribution is 5.23. The van der Waals surface area contributed by atoms with Crippen LogP contribution in [0.2, 0.25) is 0 Å². The van der Waals surface area contributed by atoms with E-state index in [-0.39, 0.29) is 0 Å². The summed E-state index contributed by atoms with van der Waals surface area (Å²) in [7, 11) is 0. The van der Waals surface area contributed by atoms with E-state index in [9.17, 15) is 0 Å². The summed E-state index contributed by atoms with van der Waals surface area (Å²) in [5.74, 6) is 5.04. The molecule has 0 aromatic heterocycles. The van der Waals surface area contributed by atoms with Crippen molar-refractivity contribution in [3.63, 3.8) is 0 Å². The lowest BCUT2D eigenvalue weighted by molar-refractivity contribution is 0.124. The average Bonchev–Trinajstić information content (AvgIpc) is 2.02. The van der Waals surface area contributed by atoms with Crippen LogP contribution >= 0.6 is 0 Å². The molecule has 2 heteroatoms. The Labute approximate surface area is 86.0 Å². The Morgan fingerprint density at radius 1 is 1.21 bits per heavy atom. The maximum Gasteiger partial charge on any atom is 0.0930 e. The molecule has 0 amide bonds. The van der Waals surface area contributed by atoms with Gasteiger partial charge >= 0.3 is 0 Å². The second-order valence-electron chi connectivity index (χ2n) is 4.87. The van der Waals surface area contributed by atoms with Gasteiger partial charge in [0.15, 0.2) is 0 Å². The Hall–Kier alpha value is -0.860. The molecule has 0 atom stereocenters. The first-order valence-corrected chi connectivity index (χ1v) is 4.91. The second kappa shape index (κ2) is 4.58. The number of benzene rings is 1. The Balaban J connectivity index is 2.73. The maximum absolute atomic E-state index is 5.04. The minimum absolute atomic E-state index is 0.322. The van der Waals surface area contributed by atoms with Crippen molar-refractivity contribution < 1.29 is 4.84 Å². The van der Waals surface area contributed by atoms with Gasteiger partial charge in [0.1, 0.15) is 0 Å². The smallest absolute Gasteiger partial charge is 0.0930 e. The van der Waals surface area contributed by atoms with Gasteiger partial charge in [0.25, 0.3) is 0 Å². The fourth-order valence-corrected chi connectivity index (χ4v) is 1.54. The summed E-state index contributed by atoms with van der Waals surface area (Å²) >= 11 is 0. The monoisotopic (exact) mass is 193 g/mol. The van der Waals surface area contributed by atoms with Crippen LogP contribution in [0, 0.1) is 5.41 Å². The Kier molecular flexibility index (Phi) is 3.67. The Bertz CT molecular complexity index is 289. The van der Waals surface area contributed by atoms with Gasteiger partial charge in [-0.1, -0.05) is 45.0 Å². The number of hydrogen-bond acceptors (Lipinski definition) is 2. The van der Waals surface area contributed by atoms with Crippen molar-refractivity contribution in [3.8, 4) is 0 Å². The van der Waals surface area contributed by atoms with E-state index < -0.39 is 0 Å². The first-order chi connectivity index (χ1) is 6.51. The molecular formula is C12H19NO. The van der Waals surface area contributed by atoms with E-state index in [1.165, 1.54) is 5.56 Å². The summed E-state index contributed by atoms with van der Waals surface area (Å²) in [5, 5.41) is 0. The minimum Gasteiger partial charge on any atom is -0.300 e. The normalized spacial score (nSPS) is 11.7. The van der Waals surface area contributed by atoms with Gasteiger partial charge in [0.2, 0.25) is 0 Å². The van der Waals surface area contributed by atoms with Gasteiger partial charge in [-0.25, -0.2) is 5.90 Å². The third-order valence-electron chi connectivity index (χ3n) is 1.98. The molecule has 2 nitrogen and oxygen atoms in total. The molecule has 0 aliphatic heterocycles. The van der Waals surface area contributed by atoms with Gasteiger partial charge in [-0.2, -0.15) is 0 Å². The molecule has 0 fully saturated rings. The summed E-state index contributed by atoms with van der Waals surface area (Å²) in [6, 6.07) is 8.37. The van der Waals surface area contributed by atoms with Crippen LogP contribution in [-0.4, -0.2) is 0 Å². The molecule has 0 heterocycles. The SMILES string of the molecule is CC(C)(C)Cc1cccc(CON)c1. The molecule has 78 valence electrons. The molecule has 0 saturated heterocycles. The van der Waals surface area contributed by atoms with Crippen molar-refractivity contribution in [1.82, 2.24) is 0 Å². The van der Waals surface area contributed by atoms with Crippen molar-refractivity contribution >= 4 is 0 Å². The van der Waals surface area contributed by atoms with E-state index in [0.717, 1.165) is 12.0 Å². The van der Waals surface area contributed by atoms with Gasteiger partial charge in [-0.15, -0.1) is 0 Å². The molecule has 0 unspecified atom stereocenters. The van der Waals surface area contributed by atoms with Crippen molar-refractivity contribution in [2.75, 3.05) is 0 Å². The van der Waals surface area contributed by atoms with E-state index in [0.29, 0.717) is 12.0 Å². The number of rotatable bonds is 3. The first-order valence-electron chi connectivity index (χ1n) is 4.91. The molecule has 1 aromatic carbocycles. The molecule has 1 aromatic rings. The lowest BCUT2D eigenvalue weighted by Gasteiger charge is -2.18. The fraction of sp³-hybridized carbons (Fsp3) is 0.500. The summed E-state index contributed by atoms with van der Waals surface area (Å²) in [4.78, 5) is 4.61. The zero-order valence-electron chi connectivity index (χ0n) is 9.21. The Morgan fingerprint density at radius 2 is 1.86 bits per heavy atom. The molecule has 14 heavy (non-hydrogen) atoms. The Morgan fingerprint density at radius 3 is 2.43 bits per heavy atom. The standard InChI is InChI=1S/C12H19NO/c1-12(2,3)8-10-5-4-6-11(7-10)9-14-13/h4-7H,8-9,13H2,1-3H3. The quantitative estimate of drug-likeness (QED) is 0.749. The molecule has 0 radical (unpaired) electrons. The third-order valence-corrected chi connectivity index (χ3v) is 1.98. The molecule has 0 aliphatic rings. The highest BCUT2D eigenvalue weighted by Gasteiger charge is 2.11. The zero-order chi connectivity index (χ0) is 10.6. The first kappa shape index (κ1) is 11.2. The lowest BCUT2D eigenvalue weighted by atomic mass is 9.88. The molecule has 0 saturated carbocycles. The predicted molar refractivity (Wildman–Crippen MR) is 58.6 cm³/mol. The van der Waals surface area contributed by atoms with Crippen molar-refractivity contribution in [2.24, 2.45) is 11.3 Å². The highest BCUT2D eigenvalue weighted by atomic mass is 16.6.